The summed E-state index contributed by atoms with van der Waals surface area (Å²) in [5, 5.41) is 2.25. The first-order valence-corrected chi connectivity index (χ1v) is 9.60. The Balaban J connectivity index is 1.67. The summed E-state index contributed by atoms with van der Waals surface area (Å²) in [6, 6.07) is 14.6. The number of rotatable bonds is 6. The largest absolute Gasteiger partial charge is 0.497 e. The maximum atomic E-state index is 12.6. The molecule has 0 saturated carbocycles. The Kier molecular flexibility index (Phi) is 6.16. The average molecular weight is 396 g/mol. The minimum atomic E-state index is -0.477. The van der Waals surface area contributed by atoms with Crippen LogP contribution in [-0.2, 0) is 16.0 Å². The topological polar surface area (TPSA) is 75.7 Å². The highest BCUT2D eigenvalue weighted by molar-refractivity contribution is 8.18. The lowest BCUT2D eigenvalue weighted by Gasteiger charge is -2.12. The zero-order valence-electron chi connectivity index (χ0n) is 15.6. The molecular weight excluding hydrogens is 376 g/mol. The van der Waals surface area contributed by atoms with Crippen molar-refractivity contribution in [3.8, 4) is 5.75 Å². The van der Waals surface area contributed by atoms with Gasteiger partial charge in [0.2, 0.25) is 5.91 Å². The summed E-state index contributed by atoms with van der Waals surface area (Å²) >= 11 is 0.821. The van der Waals surface area contributed by atoms with Crippen molar-refractivity contribution >= 4 is 40.6 Å². The lowest BCUT2D eigenvalue weighted by Crippen LogP contribution is -2.36. The molecule has 6 nitrogen and oxygen atoms in total. The van der Waals surface area contributed by atoms with Crippen LogP contribution in [0.4, 0.5) is 10.5 Å². The summed E-state index contributed by atoms with van der Waals surface area (Å²) in [7, 11) is 1.56. The van der Waals surface area contributed by atoms with Gasteiger partial charge in [-0.15, -0.1) is 0 Å². The van der Waals surface area contributed by atoms with Crippen molar-refractivity contribution in [2.24, 2.45) is 0 Å². The van der Waals surface area contributed by atoms with E-state index in [0.29, 0.717) is 11.4 Å². The number of nitrogens with one attached hydrogen (secondary N) is 1. The number of imide groups is 1. The van der Waals surface area contributed by atoms with Crippen LogP contribution in [0.2, 0.25) is 0 Å². The first-order valence-electron chi connectivity index (χ1n) is 8.78. The molecule has 144 valence electrons. The van der Waals surface area contributed by atoms with E-state index >= 15 is 0 Å². The number of benzene rings is 2. The van der Waals surface area contributed by atoms with E-state index < -0.39 is 17.1 Å². The van der Waals surface area contributed by atoms with Crippen molar-refractivity contribution in [1.29, 1.82) is 0 Å². The molecule has 1 heterocycles. The molecule has 0 unspecified atom stereocenters. The molecule has 0 aliphatic carbocycles. The van der Waals surface area contributed by atoms with Crippen molar-refractivity contribution in [2.75, 3.05) is 19.0 Å². The molecule has 0 atom stereocenters. The summed E-state index contributed by atoms with van der Waals surface area (Å²) in [4.78, 5) is 38.2. The van der Waals surface area contributed by atoms with E-state index in [4.69, 9.17) is 4.74 Å². The molecule has 2 aromatic carbocycles. The molecule has 1 fully saturated rings. The standard InChI is InChI=1S/C21H20N2O4S/c1-3-14-7-9-16(10-8-14)22-19(24)13-23-20(25)18(28-21(23)26)12-15-5-4-6-17(11-15)27-2/h4-12H,3,13H2,1-2H3,(H,22,24)/b18-12+. The zero-order valence-corrected chi connectivity index (χ0v) is 16.4. The van der Waals surface area contributed by atoms with Gasteiger partial charge < -0.3 is 10.1 Å². The molecule has 0 aromatic heterocycles. The summed E-state index contributed by atoms with van der Waals surface area (Å²) in [5.74, 6) is -0.245. The van der Waals surface area contributed by atoms with Gasteiger partial charge in [-0.1, -0.05) is 31.2 Å². The molecule has 0 spiro atoms. The second kappa shape index (κ2) is 8.75. The van der Waals surface area contributed by atoms with Crippen LogP contribution in [0.15, 0.2) is 53.4 Å². The molecule has 2 aromatic rings. The third-order valence-corrected chi connectivity index (χ3v) is 5.12. The molecule has 3 rings (SSSR count). The third kappa shape index (κ3) is 4.61. The quantitative estimate of drug-likeness (QED) is 0.749. The number of aryl methyl sites for hydroxylation is 1. The molecule has 28 heavy (non-hydrogen) atoms. The van der Waals surface area contributed by atoms with Crippen molar-refractivity contribution in [3.63, 3.8) is 0 Å². The Bertz CT molecular complexity index is 938. The van der Waals surface area contributed by atoms with Crippen molar-refractivity contribution in [1.82, 2.24) is 4.90 Å². The van der Waals surface area contributed by atoms with Crippen LogP contribution in [0, 0.1) is 0 Å². The summed E-state index contributed by atoms with van der Waals surface area (Å²) in [6.07, 6.45) is 2.53. The van der Waals surface area contributed by atoms with Gasteiger partial charge in [0.25, 0.3) is 11.1 Å². The van der Waals surface area contributed by atoms with Crippen LogP contribution < -0.4 is 10.1 Å². The zero-order chi connectivity index (χ0) is 20.1. The maximum Gasteiger partial charge on any atom is 0.294 e. The summed E-state index contributed by atoms with van der Waals surface area (Å²) in [5.41, 5.74) is 2.53. The van der Waals surface area contributed by atoms with Gasteiger partial charge in [0.1, 0.15) is 12.3 Å². The number of thioether (sulfide) groups is 1. The fraction of sp³-hybridized carbons (Fsp3) is 0.190. The highest BCUT2D eigenvalue weighted by Crippen LogP contribution is 2.32. The Hall–Kier alpha value is -3.06. The van der Waals surface area contributed by atoms with E-state index in [1.165, 1.54) is 0 Å². The van der Waals surface area contributed by atoms with Gasteiger partial charge in [-0.2, -0.15) is 0 Å². The first-order chi connectivity index (χ1) is 13.5. The normalized spacial score (nSPS) is 15.2. The monoisotopic (exact) mass is 396 g/mol. The van der Waals surface area contributed by atoms with Crippen molar-refractivity contribution in [3.05, 3.63) is 64.6 Å². The second-order valence-electron chi connectivity index (χ2n) is 6.14. The van der Waals surface area contributed by atoms with Gasteiger partial charge in [0.05, 0.1) is 12.0 Å². The molecule has 0 radical (unpaired) electrons. The van der Waals surface area contributed by atoms with E-state index in [9.17, 15) is 14.4 Å². The van der Waals surface area contributed by atoms with E-state index in [0.717, 1.165) is 34.2 Å². The predicted molar refractivity (Wildman–Crippen MR) is 110 cm³/mol. The number of carbonyl (C=O) groups excluding carboxylic acids is 3. The number of hydrogen-bond donors (Lipinski definition) is 1. The SMILES string of the molecule is CCc1ccc(NC(=O)CN2C(=O)S/C(=C/c3cccc(OC)c3)C2=O)cc1. The predicted octanol–water partition coefficient (Wildman–Crippen LogP) is 3.93. The minimum Gasteiger partial charge on any atom is -0.497 e. The lowest BCUT2D eigenvalue weighted by molar-refractivity contribution is -0.127. The number of amides is 3. The Morgan fingerprint density at radius 1 is 1.18 bits per heavy atom. The highest BCUT2D eigenvalue weighted by Gasteiger charge is 2.36. The van der Waals surface area contributed by atoms with Gasteiger partial charge in [0, 0.05) is 5.69 Å². The van der Waals surface area contributed by atoms with E-state index in [1.54, 1.807) is 43.5 Å². The lowest BCUT2D eigenvalue weighted by atomic mass is 10.1. The van der Waals surface area contributed by atoms with Crippen LogP contribution in [0.1, 0.15) is 18.1 Å². The number of anilines is 1. The van der Waals surface area contributed by atoms with E-state index in [2.05, 4.69) is 5.32 Å². The number of carbonyl (C=O) groups is 3. The van der Waals surface area contributed by atoms with Crippen molar-refractivity contribution in [2.45, 2.75) is 13.3 Å². The Labute approximate surface area is 167 Å². The van der Waals surface area contributed by atoms with Crippen molar-refractivity contribution < 1.29 is 19.1 Å². The van der Waals surface area contributed by atoms with Crippen LogP contribution in [0.3, 0.4) is 0 Å². The molecule has 3 amide bonds. The highest BCUT2D eigenvalue weighted by atomic mass is 32.2. The number of nitrogens with zero attached hydrogens (tertiary/aromatic N) is 1. The molecule has 1 aliphatic heterocycles. The summed E-state index contributed by atoms with van der Waals surface area (Å²) in [6.45, 7) is 1.72. The molecule has 0 bridgehead atoms. The van der Waals surface area contributed by atoms with Crippen LogP contribution >= 0.6 is 11.8 Å². The molecular formula is C21H20N2O4S. The van der Waals surface area contributed by atoms with Gasteiger partial charge in [0.15, 0.2) is 0 Å². The minimum absolute atomic E-state index is 0.276. The van der Waals surface area contributed by atoms with Crippen LogP contribution in [0.5, 0.6) is 5.75 Å². The van der Waals surface area contributed by atoms with Gasteiger partial charge in [-0.25, -0.2) is 0 Å². The number of ether oxygens (including phenoxy) is 1. The van der Waals surface area contributed by atoms with Gasteiger partial charge >= 0.3 is 0 Å². The van der Waals surface area contributed by atoms with E-state index in [1.807, 2.05) is 25.1 Å². The van der Waals surface area contributed by atoms with Crippen LogP contribution in [-0.4, -0.2) is 35.6 Å². The summed E-state index contributed by atoms with van der Waals surface area (Å²) < 4.78 is 5.16. The van der Waals surface area contributed by atoms with Crippen LogP contribution in [0.25, 0.3) is 6.08 Å². The fourth-order valence-electron chi connectivity index (χ4n) is 2.69. The number of methoxy groups -OCH3 is 1. The fourth-order valence-corrected chi connectivity index (χ4v) is 3.53. The van der Waals surface area contributed by atoms with Gasteiger partial charge in [-0.05, 0) is 59.7 Å². The first kappa shape index (κ1) is 19.7. The Morgan fingerprint density at radius 2 is 1.93 bits per heavy atom. The molecule has 1 N–H and O–H groups in total. The van der Waals surface area contributed by atoms with Gasteiger partial charge in [-0.3, -0.25) is 19.3 Å². The third-order valence-electron chi connectivity index (χ3n) is 4.21. The molecule has 1 saturated heterocycles. The smallest absolute Gasteiger partial charge is 0.294 e. The second-order valence-corrected chi connectivity index (χ2v) is 7.14. The number of hydrogen-bond acceptors (Lipinski definition) is 5. The average Bonchev–Trinajstić information content (AvgIpc) is 2.96. The molecule has 7 heteroatoms. The maximum absolute atomic E-state index is 12.6. The Morgan fingerprint density at radius 3 is 2.61 bits per heavy atom. The molecule has 1 aliphatic rings. The van der Waals surface area contributed by atoms with E-state index in [-0.39, 0.29) is 11.4 Å².